The number of rotatable bonds is 5. The molecular formula is C17H22N2O. The van der Waals surface area contributed by atoms with E-state index in [1.54, 1.807) is 0 Å². The maximum atomic E-state index is 9.42. The van der Waals surface area contributed by atoms with Crippen molar-refractivity contribution in [3.63, 3.8) is 0 Å². The predicted octanol–water partition coefficient (Wildman–Crippen LogP) is 3.60. The molecule has 20 heavy (non-hydrogen) atoms. The Morgan fingerprint density at radius 3 is 2.50 bits per heavy atom. The first-order valence-corrected chi connectivity index (χ1v) is 7.13. The molecule has 3 heteroatoms. The molecule has 2 aromatic rings. The van der Waals surface area contributed by atoms with Gasteiger partial charge in [0.15, 0.2) is 0 Å². The van der Waals surface area contributed by atoms with E-state index in [4.69, 9.17) is 4.98 Å². The summed E-state index contributed by atoms with van der Waals surface area (Å²) in [5.41, 5.74) is 4.32. The normalized spacial score (nSPS) is 10.6. The van der Waals surface area contributed by atoms with Gasteiger partial charge in [-0.15, -0.1) is 0 Å². The summed E-state index contributed by atoms with van der Waals surface area (Å²) in [6.45, 7) is 7.20. The van der Waals surface area contributed by atoms with Crippen molar-refractivity contribution >= 4 is 11.5 Å². The fourth-order valence-corrected chi connectivity index (χ4v) is 2.37. The van der Waals surface area contributed by atoms with Crippen molar-refractivity contribution in [2.75, 3.05) is 11.4 Å². The molecule has 0 bridgehead atoms. The molecule has 0 aliphatic rings. The summed E-state index contributed by atoms with van der Waals surface area (Å²) < 4.78 is 0. The average molecular weight is 270 g/mol. The Bertz CT molecular complexity index is 559. The van der Waals surface area contributed by atoms with Crippen molar-refractivity contribution in [1.29, 1.82) is 0 Å². The standard InChI is InChI=1S/C17H22N2O/c1-4-15-10-14(12-20)11-17(18-15)19(5-2)16-9-7-6-8-13(16)3/h6-11,20H,4-5,12H2,1-3H3. The zero-order valence-electron chi connectivity index (χ0n) is 12.4. The Morgan fingerprint density at radius 1 is 1.15 bits per heavy atom. The van der Waals surface area contributed by atoms with Crippen LogP contribution in [0.1, 0.15) is 30.7 Å². The lowest BCUT2D eigenvalue weighted by atomic mass is 10.1. The summed E-state index contributed by atoms with van der Waals surface area (Å²) in [5, 5.41) is 9.42. The van der Waals surface area contributed by atoms with E-state index in [9.17, 15) is 5.11 Å². The van der Waals surface area contributed by atoms with Gasteiger partial charge in [0.1, 0.15) is 5.82 Å². The molecule has 106 valence electrons. The molecule has 0 aliphatic carbocycles. The second kappa shape index (κ2) is 6.53. The summed E-state index contributed by atoms with van der Waals surface area (Å²) in [6, 6.07) is 12.2. The van der Waals surface area contributed by atoms with Gasteiger partial charge in [0.2, 0.25) is 0 Å². The smallest absolute Gasteiger partial charge is 0.133 e. The molecule has 1 heterocycles. The molecule has 0 saturated carbocycles. The number of hydrogen-bond acceptors (Lipinski definition) is 3. The van der Waals surface area contributed by atoms with Crippen LogP contribution in [-0.4, -0.2) is 16.6 Å². The van der Waals surface area contributed by atoms with Gasteiger partial charge in [-0.3, -0.25) is 0 Å². The Balaban J connectivity index is 2.49. The zero-order chi connectivity index (χ0) is 14.5. The van der Waals surface area contributed by atoms with Crippen LogP contribution in [0.3, 0.4) is 0 Å². The number of nitrogens with zero attached hydrogens (tertiary/aromatic N) is 2. The summed E-state index contributed by atoms with van der Waals surface area (Å²) >= 11 is 0. The summed E-state index contributed by atoms with van der Waals surface area (Å²) in [7, 11) is 0. The number of hydrogen-bond donors (Lipinski definition) is 1. The molecular weight excluding hydrogens is 248 g/mol. The van der Waals surface area contributed by atoms with E-state index in [-0.39, 0.29) is 6.61 Å². The number of aliphatic hydroxyl groups is 1. The number of benzene rings is 1. The van der Waals surface area contributed by atoms with Gasteiger partial charge >= 0.3 is 0 Å². The first kappa shape index (κ1) is 14.5. The first-order chi connectivity index (χ1) is 9.69. The highest BCUT2D eigenvalue weighted by Gasteiger charge is 2.12. The van der Waals surface area contributed by atoms with Crippen LogP contribution in [-0.2, 0) is 13.0 Å². The van der Waals surface area contributed by atoms with E-state index < -0.39 is 0 Å². The van der Waals surface area contributed by atoms with Crippen molar-refractivity contribution in [3.05, 3.63) is 53.2 Å². The van der Waals surface area contributed by atoms with Gasteiger partial charge in [0, 0.05) is 17.9 Å². The van der Waals surface area contributed by atoms with Gasteiger partial charge in [-0.1, -0.05) is 25.1 Å². The molecule has 0 unspecified atom stereocenters. The van der Waals surface area contributed by atoms with Gasteiger partial charge < -0.3 is 10.0 Å². The second-order valence-corrected chi connectivity index (χ2v) is 4.87. The van der Waals surface area contributed by atoms with Crippen LogP contribution in [0.2, 0.25) is 0 Å². The Morgan fingerprint density at radius 2 is 1.90 bits per heavy atom. The molecule has 0 atom stereocenters. The van der Waals surface area contributed by atoms with Gasteiger partial charge in [0.05, 0.1) is 6.61 Å². The van der Waals surface area contributed by atoms with Gasteiger partial charge in [-0.25, -0.2) is 4.98 Å². The molecule has 0 amide bonds. The predicted molar refractivity (Wildman–Crippen MR) is 83.4 cm³/mol. The van der Waals surface area contributed by atoms with Gasteiger partial charge in [0.25, 0.3) is 0 Å². The zero-order valence-corrected chi connectivity index (χ0v) is 12.4. The summed E-state index contributed by atoms with van der Waals surface area (Å²) in [5.74, 6) is 0.908. The lowest BCUT2D eigenvalue weighted by molar-refractivity contribution is 0.281. The van der Waals surface area contributed by atoms with Crippen molar-refractivity contribution in [1.82, 2.24) is 4.98 Å². The quantitative estimate of drug-likeness (QED) is 0.901. The topological polar surface area (TPSA) is 36.4 Å². The van der Waals surface area contributed by atoms with Crippen LogP contribution in [0.5, 0.6) is 0 Å². The number of anilines is 2. The monoisotopic (exact) mass is 270 g/mol. The number of para-hydroxylation sites is 1. The van der Waals surface area contributed by atoms with Crippen LogP contribution in [0.15, 0.2) is 36.4 Å². The lowest BCUT2D eigenvalue weighted by Gasteiger charge is -2.25. The molecule has 0 spiro atoms. The molecule has 1 N–H and O–H groups in total. The van der Waals surface area contributed by atoms with Crippen molar-refractivity contribution in [2.45, 2.75) is 33.8 Å². The number of aryl methyl sites for hydroxylation is 2. The molecule has 1 aromatic carbocycles. The average Bonchev–Trinajstić information content (AvgIpc) is 2.49. The lowest BCUT2D eigenvalue weighted by Crippen LogP contribution is -2.19. The van der Waals surface area contributed by atoms with Crippen LogP contribution in [0.4, 0.5) is 11.5 Å². The minimum Gasteiger partial charge on any atom is -0.392 e. The van der Waals surface area contributed by atoms with E-state index in [0.717, 1.165) is 30.0 Å². The van der Waals surface area contributed by atoms with Gasteiger partial charge in [-0.2, -0.15) is 0 Å². The number of aromatic nitrogens is 1. The maximum absolute atomic E-state index is 9.42. The highest BCUT2D eigenvalue weighted by Crippen LogP contribution is 2.27. The van der Waals surface area contributed by atoms with Crippen LogP contribution < -0.4 is 4.90 Å². The highest BCUT2D eigenvalue weighted by atomic mass is 16.3. The third kappa shape index (κ3) is 2.99. The maximum Gasteiger partial charge on any atom is 0.133 e. The van der Waals surface area contributed by atoms with E-state index in [1.165, 1.54) is 11.3 Å². The van der Waals surface area contributed by atoms with Crippen LogP contribution in [0, 0.1) is 6.92 Å². The minimum absolute atomic E-state index is 0.0495. The number of pyridine rings is 1. The Kier molecular flexibility index (Phi) is 4.74. The molecule has 2 rings (SSSR count). The fourth-order valence-electron chi connectivity index (χ4n) is 2.37. The Hall–Kier alpha value is -1.87. The highest BCUT2D eigenvalue weighted by molar-refractivity contribution is 5.64. The summed E-state index contributed by atoms with van der Waals surface area (Å²) in [6.07, 6.45) is 0.867. The molecule has 0 aliphatic heterocycles. The van der Waals surface area contributed by atoms with Crippen LogP contribution in [0.25, 0.3) is 0 Å². The number of aliphatic hydroxyl groups excluding tert-OH is 1. The summed E-state index contributed by atoms with van der Waals surface area (Å²) in [4.78, 5) is 6.89. The van der Waals surface area contributed by atoms with E-state index in [1.807, 2.05) is 24.3 Å². The fraction of sp³-hybridized carbons (Fsp3) is 0.353. The third-order valence-corrected chi connectivity index (χ3v) is 3.47. The van der Waals surface area contributed by atoms with E-state index in [0.29, 0.717) is 0 Å². The van der Waals surface area contributed by atoms with Crippen molar-refractivity contribution < 1.29 is 5.11 Å². The Labute approximate surface area is 120 Å². The van der Waals surface area contributed by atoms with E-state index in [2.05, 4.69) is 37.8 Å². The largest absolute Gasteiger partial charge is 0.392 e. The molecule has 0 saturated heterocycles. The third-order valence-electron chi connectivity index (χ3n) is 3.47. The minimum atomic E-state index is 0.0495. The van der Waals surface area contributed by atoms with Crippen molar-refractivity contribution in [2.24, 2.45) is 0 Å². The molecule has 0 radical (unpaired) electrons. The van der Waals surface area contributed by atoms with Gasteiger partial charge in [-0.05, 0) is 49.6 Å². The second-order valence-electron chi connectivity index (χ2n) is 4.87. The molecule has 0 fully saturated rings. The molecule has 3 nitrogen and oxygen atoms in total. The molecule has 1 aromatic heterocycles. The van der Waals surface area contributed by atoms with E-state index >= 15 is 0 Å². The van der Waals surface area contributed by atoms with Crippen molar-refractivity contribution in [3.8, 4) is 0 Å². The van der Waals surface area contributed by atoms with Crippen LogP contribution >= 0.6 is 0 Å². The SMILES string of the molecule is CCc1cc(CO)cc(N(CC)c2ccccc2C)n1. The first-order valence-electron chi connectivity index (χ1n) is 7.13.